The third-order valence-corrected chi connectivity index (χ3v) is 5.60. The SMILES string of the molecule is Cc1cccc(CNC(=O)c2ccc(S(=O)(=O)NCc3ccncc3)cc2)c1. The van der Waals surface area contributed by atoms with Crippen molar-refractivity contribution in [3.63, 3.8) is 0 Å². The molecule has 0 aliphatic heterocycles. The third kappa shape index (κ3) is 5.25. The van der Waals surface area contributed by atoms with Gasteiger partial charge in [0, 0.05) is 31.0 Å². The van der Waals surface area contributed by atoms with Gasteiger partial charge < -0.3 is 5.32 Å². The first-order chi connectivity index (χ1) is 13.4. The Bertz CT molecular complexity index is 1050. The average molecular weight is 395 g/mol. The summed E-state index contributed by atoms with van der Waals surface area (Å²) in [6.45, 7) is 2.57. The van der Waals surface area contributed by atoms with Gasteiger partial charge >= 0.3 is 0 Å². The lowest BCUT2D eigenvalue weighted by Gasteiger charge is -2.09. The second kappa shape index (κ2) is 8.77. The van der Waals surface area contributed by atoms with Gasteiger partial charge in [0.15, 0.2) is 0 Å². The predicted molar refractivity (Wildman–Crippen MR) is 107 cm³/mol. The van der Waals surface area contributed by atoms with Crippen LogP contribution in [0.1, 0.15) is 27.0 Å². The van der Waals surface area contributed by atoms with Gasteiger partial charge in [0.2, 0.25) is 10.0 Å². The number of nitrogens with zero attached hydrogens (tertiary/aromatic N) is 1. The molecule has 3 aromatic rings. The van der Waals surface area contributed by atoms with Crippen LogP contribution in [0.15, 0.2) is 78.0 Å². The first kappa shape index (κ1) is 19.7. The summed E-state index contributed by atoms with van der Waals surface area (Å²) in [5, 5.41) is 2.84. The highest BCUT2D eigenvalue weighted by Gasteiger charge is 2.15. The molecule has 0 aliphatic carbocycles. The molecule has 1 heterocycles. The quantitative estimate of drug-likeness (QED) is 0.644. The van der Waals surface area contributed by atoms with E-state index in [9.17, 15) is 13.2 Å². The first-order valence-electron chi connectivity index (χ1n) is 8.76. The molecular formula is C21H21N3O3S. The highest BCUT2D eigenvalue weighted by atomic mass is 32.2. The summed E-state index contributed by atoms with van der Waals surface area (Å²) in [7, 11) is -3.66. The summed E-state index contributed by atoms with van der Waals surface area (Å²) in [5.74, 6) is -0.254. The van der Waals surface area contributed by atoms with E-state index in [1.165, 1.54) is 24.3 Å². The summed E-state index contributed by atoms with van der Waals surface area (Å²) < 4.78 is 27.3. The minimum atomic E-state index is -3.66. The fourth-order valence-corrected chi connectivity index (χ4v) is 3.67. The van der Waals surface area contributed by atoms with Crippen LogP contribution < -0.4 is 10.0 Å². The summed E-state index contributed by atoms with van der Waals surface area (Å²) in [5.41, 5.74) is 3.35. The van der Waals surface area contributed by atoms with Crippen molar-refractivity contribution in [3.05, 3.63) is 95.3 Å². The molecule has 1 amide bonds. The summed E-state index contributed by atoms with van der Waals surface area (Å²) in [6, 6.07) is 17.2. The van der Waals surface area contributed by atoms with Gasteiger partial charge in [-0.3, -0.25) is 9.78 Å². The van der Waals surface area contributed by atoms with Crippen LogP contribution in [0.25, 0.3) is 0 Å². The summed E-state index contributed by atoms with van der Waals surface area (Å²) in [4.78, 5) is 16.3. The standard InChI is InChI=1S/C21H21N3O3S/c1-16-3-2-4-18(13-16)14-23-21(25)19-5-7-20(8-6-19)28(26,27)24-15-17-9-11-22-12-10-17/h2-13,24H,14-15H2,1H3,(H,23,25). The number of carbonyl (C=O) groups is 1. The van der Waals surface area contributed by atoms with Gasteiger partial charge in [0.25, 0.3) is 5.91 Å². The minimum absolute atomic E-state index is 0.108. The van der Waals surface area contributed by atoms with Gasteiger partial charge in [-0.15, -0.1) is 0 Å². The molecule has 6 nitrogen and oxygen atoms in total. The molecule has 0 spiro atoms. The van der Waals surface area contributed by atoms with Crippen LogP contribution in [0, 0.1) is 6.92 Å². The maximum absolute atomic E-state index is 12.4. The lowest BCUT2D eigenvalue weighted by atomic mass is 10.1. The van der Waals surface area contributed by atoms with Gasteiger partial charge in [0.05, 0.1) is 4.90 Å². The van der Waals surface area contributed by atoms with E-state index in [0.717, 1.165) is 16.7 Å². The van der Waals surface area contributed by atoms with E-state index in [1.54, 1.807) is 24.5 Å². The van der Waals surface area contributed by atoms with E-state index in [2.05, 4.69) is 15.0 Å². The predicted octanol–water partition coefficient (Wildman–Crippen LogP) is 2.80. The van der Waals surface area contributed by atoms with E-state index < -0.39 is 10.0 Å². The molecule has 2 aromatic carbocycles. The monoisotopic (exact) mass is 395 g/mol. The topological polar surface area (TPSA) is 88.2 Å². The second-order valence-corrected chi connectivity index (χ2v) is 8.14. The van der Waals surface area contributed by atoms with Crippen LogP contribution in [0.5, 0.6) is 0 Å². The van der Waals surface area contributed by atoms with Gasteiger partial charge in [-0.25, -0.2) is 13.1 Å². The Morgan fingerprint density at radius 2 is 1.64 bits per heavy atom. The number of benzene rings is 2. The molecule has 144 valence electrons. The number of rotatable bonds is 7. The Labute approximate surface area is 164 Å². The maximum atomic E-state index is 12.4. The normalized spacial score (nSPS) is 11.2. The molecule has 0 fully saturated rings. The molecule has 0 radical (unpaired) electrons. The molecule has 0 bridgehead atoms. The van der Waals surface area contributed by atoms with Crippen molar-refractivity contribution >= 4 is 15.9 Å². The third-order valence-electron chi connectivity index (χ3n) is 4.18. The number of aryl methyl sites for hydroxylation is 1. The highest BCUT2D eigenvalue weighted by molar-refractivity contribution is 7.89. The molecule has 3 rings (SSSR count). The molecule has 7 heteroatoms. The fourth-order valence-electron chi connectivity index (χ4n) is 2.65. The van der Waals surface area contributed by atoms with Crippen LogP contribution in [0.3, 0.4) is 0 Å². The molecule has 0 atom stereocenters. The molecular weight excluding hydrogens is 374 g/mol. The van der Waals surface area contributed by atoms with Crippen LogP contribution in [-0.4, -0.2) is 19.3 Å². The summed E-state index contributed by atoms with van der Waals surface area (Å²) >= 11 is 0. The number of nitrogens with one attached hydrogen (secondary N) is 2. The van der Waals surface area contributed by atoms with Crippen LogP contribution >= 0.6 is 0 Å². The number of amides is 1. The second-order valence-electron chi connectivity index (χ2n) is 6.38. The average Bonchev–Trinajstić information content (AvgIpc) is 2.71. The zero-order valence-corrected chi connectivity index (χ0v) is 16.2. The Kier molecular flexibility index (Phi) is 6.18. The van der Waals surface area contributed by atoms with E-state index in [0.29, 0.717) is 12.1 Å². The minimum Gasteiger partial charge on any atom is -0.348 e. The van der Waals surface area contributed by atoms with Gasteiger partial charge in [-0.2, -0.15) is 0 Å². The molecule has 0 saturated heterocycles. The highest BCUT2D eigenvalue weighted by Crippen LogP contribution is 2.12. The Morgan fingerprint density at radius 3 is 2.32 bits per heavy atom. The number of carbonyl (C=O) groups excluding carboxylic acids is 1. The zero-order chi connectivity index (χ0) is 20.0. The molecule has 0 aliphatic rings. The van der Waals surface area contributed by atoms with Gasteiger partial charge in [0.1, 0.15) is 0 Å². The van der Waals surface area contributed by atoms with Crippen molar-refractivity contribution in [2.75, 3.05) is 0 Å². The fraction of sp³-hybridized carbons (Fsp3) is 0.143. The van der Waals surface area contributed by atoms with Crippen molar-refractivity contribution in [2.45, 2.75) is 24.9 Å². The van der Waals surface area contributed by atoms with Gasteiger partial charge in [-0.1, -0.05) is 29.8 Å². The Balaban J connectivity index is 1.61. The maximum Gasteiger partial charge on any atom is 0.251 e. The molecule has 2 N–H and O–H groups in total. The smallest absolute Gasteiger partial charge is 0.251 e. The first-order valence-corrected chi connectivity index (χ1v) is 10.2. The van der Waals surface area contributed by atoms with E-state index >= 15 is 0 Å². The van der Waals surface area contributed by atoms with Crippen LogP contribution in [-0.2, 0) is 23.1 Å². The number of pyridine rings is 1. The van der Waals surface area contributed by atoms with Crippen molar-refractivity contribution < 1.29 is 13.2 Å². The van der Waals surface area contributed by atoms with Crippen molar-refractivity contribution in [2.24, 2.45) is 0 Å². The van der Waals surface area contributed by atoms with Crippen LogP contribution in [0.2, 0.25) is 0 Å². The largest absolute Gasteiger partial charge is 0.348 e. The number of aromatic nitrogens is 1. The number of hydrogen-bond acceptors (Lipinski definition) is 4. The zero-order valence-electron chi connectivity index (χ0n) is 15.4. The lowest BCUT2D eigenvalue weighted by Crippen LogP contribution is -2.24. The van der Waals surface area contributed by atoms with Gasteiger partial charge in [-0.05, 0) is 54.4 Å². The Morgan fingerprint density at radius 1 is 0.929 bits per heavy atom. The molecule has 1 aromatic heterocycles. The lowest BCUT2D eigenvalue weighted by molar-refractivity contribution is 0.0951. The number of sulfonamides is 1. The Hall–Kier alpha value is -3.03. The van der Waals surface area contributed by atoms with Crippen molar-refractivity contribution in [3.8, 4) is 0 Å². The van der Waals surface area contributed by atoms with E-state index in [4.69, 9.17) is 0 Å². The van der Waals surface area contributed by atoms with E-state index in [-0.39, 0.29) is 17.3 Å². The molecule has 28 heavy (non-hydrogen) atoms. The summed E-state index contributed by atoms with van der Waals surface area (Å²) in [6.07, 6.45) is 3.21. The number of hydrogen-bond donors (Lipinski definition) is 2. The van der Waals surface area contributed by atoms with Crippen molar-refractivity contribution in [1.82, 2.24) is 15.0 Å². The van der Waals surface area contributed by atoms with Crippen LogP contribution in [0.4, 0.5) is 0 Å². The molecule has 0 unspecified atom stereocenters. The van der Waals surface area contributed by atoms with E-state index in [1.807, 2.05) is 31.2 Å². The molecule has 0 saturated carbocycles. The van der Waals surface area contributed by atoms with Crippen molar-refractivity contribution in [1.29, 1.82) is 0 Å².